The monoisotopic (exact) mass is 351 g/mol. The molecule has 1 fully saturated rings. The third kappa shape index (κ3) is 3.15. The van der Waals surface area contributed by atoms with Gasteiger partial charge in [-0.1, -0.05) is 22.0 Å². The van der Waals surface area contributed by atoms with Crippen molar-refractivity contribution in [3.05, 3.63) is 28.2 Å². The third-order valence-electron chi connectivity index (χ3n) is 4.51. The van der Waals surface area contributed by atoms with Gasteiger partial charge in [0.2, 0.25) is 5.91 Å². The number of benzene rings is 1. The fraction of sp³-hybridized carbons (Fsp3) is 0.562. The van der Waals surface area contributed by atoms with Crippen LogP contribution in [0.5, 0.6) is 0 Å². The molecule has 2 aliphatic heterocycles. The average molecular weight is 352 g/mol. The second kappa shape index (κ2) is 6.07. The zero-order chi connectivity index (χ0) is 15.0. The lowest BCUT2D eigenvalue weighted by Crippen LogP contribution is -2.46. The average Bonchev–Trinajstić information content (AvgIpc) is 2.75. The summed E-state index contributed by atoms with van der Waals surface area (Å²) in [7, 11) is 0. The molecule has 1 atom stereocenters. The van der Waals surface area contributed by atoms with Gasteiger partial charge in [-0.15, -0.1) is 0 Å². The van der Waals surface area contributed by atoms with Gasteiger partial charge in [0.1, 0.15) is 6.04 Å². The van der Waals surface area contributed by atoms with E-state index in [-0.39, 0.29) is 11.9 Å². The lowest BCUT2D eigenvalue weighted by Gasteiger charge is -2.35. The Balaban J connectivity index is 1.65. The molecule has 1 saturated heterocycles. The van der Waals surface area contributed by atoms with Crippen LogP contribution in [0.3, 0.4) is 0 Å². The van der Waals surface area contributed by atoms with Crippen LogP contribution in [-0.4, -0.2) is 36.0 Å². The molecular formula is C16H22BrN3O. The summed E-state index contributed by atoms with van der Waals surface area (Å²) >= 11 is 3.45. The quantitative estimate of drug-likeness (QED) is 0.879. The van der Waals surface area contributed by atoms with Gasteiger partial charge in [-0.05, 0) is 51.9 Å². The minimum absolute atomic E-state index is 0.0642. The van der Waals surface area contributed by atoms with Crippen molar-refractivity contribution in [1.82, 2.24) is 10.2 Å². The fourth-order valence-electron chi connectivity index (χ4n) is 3.22. The summed E-state index contributed by atoms with van der Waals surface area (Å²) < 4.78 is 0.993. The number of carbonyl (C=O) groups is 1. The van der Waals surface area contributed by atoms with E-state index in [1.54, 1.807) is 0 Å². The van der Waals surface area contributed by atoms with Gasteiger partial charge in [0.25, 0.3) is 0 Å². The first-order chi connectivity index (χ1) is 10.0. The van der Waals surface area contributed by atoms with Crippen molar-refractivity contribution in [1.29, 1.82) is 0 Å². The number of anilines is 1. The summed E-state index contributed by atoms with van der Waals surface area (Å²) in [5.74, 6) is 0.0642. The highest BCUT2D eigenvalue weighted by Crippen LogP contribution is 2.33. The van der Waals surface area contributed by atoms with E-state index >= 15 is 0 Å². The van der Waals surface area contributed by atoms with E-state index in [1.807, 2.05) is 18.2 Å². The van der Waals surface area contributed by atoms with Gasteiger partial charge in [-0.3, -0.25) is 10.1 Å². The minimum Gasteiger partial charge on any atom is -0.324 e. The molecule has 2 heterocycles. The van der Waals surface area contributed by atoms with Crippen LogP contribution in [-0.2, 0) is 4.79 Å². The van der Waals surface area contributed by atoms with Crippen LogP contribution in [0.4, 0.5) is 5.69 Å². The molecule has 4 nitrogen and oxygen atoms in total. The topological polar surface area (TPSA) is 44.4 Å². The molecule has 0 spiro atoms. The molecule has 0 aromatic heterocycles. The van der Waals surface area contributed by atoms with Crippen molar-refractivity contribution in [2.24, 2.45) is 0 Å². The highest BCUT2D eigenvalue weighted by Gasteiger charge is 2.33. The Morgan fingerprint density at radius 3 is 2.71 bits per heavy atom. The van der Waals surface area contributed by atoms with Crippen molar-refractivity contribution in [2.75, 3.05) is 18.4 Å². The first kappa shape index (κ1) is 15.0. The zero-order valence-electron chi connectivity index (χ0n) is 12.5. The molecular weight excluding hydrogens is 330 g/mol. The molecule has 0 radical (unpaired) electrons. The zero-order valence-corrected chi connectivity index (χ0v) is 14.1. The van der Waals surface area contributed by atoms with Crippen molar-refractivity contribution >= 4 is 27.5 Å². The molecule has 1 aromatic rings. The molecule has 2 aliphatic rings. The Kier molecular flexibility index (Phi) is 4.33. The van der Waals surface area contributed by atoms with Crippen molar-refractivity contribution in [3.63, 3.8) is 0 Å². The summed E-state index contributed by atoms with van der Waals surface area (Å²) in [6.07, 6.45) is 2.21. The van der Waals surface area contributed by atoms with Gasteiger partial charge < -0.3 is 10.2 Å². The summed E-state index contributed by atoms with van der Waals surface area (Å²) in [6.45, 7) is 6.70. The summed E-state index contributed by atoms with van der Waals surface area (Å²) in [4.78, 5) is 14.7. The predicted octanol–water partition coefficient (Wildman–Crippen LogP) is 2.90. The molecule has 5 heteroatoms. The first-order valence-corrected chi connectivity index (χ1v) is 8.44. The lowest BCUT2D eigenvalue weighted by atomic mass is 10.0. The standard InChI is InChI=1S/C16H22BrN3O/c1-10(2)20-7-5-12(6-8-20)18-15-13-4-3-11(17)9-14(13)19-16(15)21/h3-4,9-10,12,15,18H,5-8H2,1-2H3,(H,19,21). The number of nitrogens with zero attached hydrogens (tertiary/aromatic N) is 1. The maximum absolute atomic E-state index is 12.2. The lowest BCUT2D eigenvalue weighted by molar-refractivity contribution is -0.118. The van der Waals surface area contributed by atoms with E-state index in [2.05, 4.69) is 45.3 Å². The molecule has 21 heavy (non-hydrogen) atoms. The molecule has 114 valence electrons. The van der Waals surface area contributed by atoms with E-state index in [4.69, 9.17) is 0 Å². The number of carbonyl (C=O) groups excluding carboxylic acids is 1. The molecule has 2 N–H and O–H groups in total. The van der Waals surface area contributed by atoms with Crippen LogP contribution in [0.2, 0.25) is 0 Å². The SMILES string of the molecule is CC(C)N1CCC(NC2C(=O)Nc3cc(Br)ccc32)CC1. The summed E-state index contributed by atoms with van der Waals surface area (Å²) in [5, 5.41) is 6.51. The molecule has 1 unspecified atom stereocenters. The smallest absolute Gasteiger partial charge is 0.246 e. The number of rotatable bonds is 3. The molecule has 0 bridgehead atoms. The van der Waals surface area contributed by atoms with E-state index in [0.717, 1.165) is 41.7 Å². The molecule has 3 rings (SSSR count). The number of hydrogen-bond donors (Lipinski definition) is 2. The Labute approximate surface area is 134 Å². The molecule has 0 saturated carbocycles. The first-order valence-electron chi connectivity index (χ1n) is 7.65. The van der Waals surface area contributed by atoms with Gasteiger partial charge in [0, 0.05) is 27.8 Å². The highest BCUT2D eigenvalue weighted by molar-refractivity contribution is 9.10. The van der Waals surface area contributed by atoms with Gasteiger partial charge in [-0.25, -0.2) is 0 Å². The van der Waals surface area contributed by atoms with Gasteiger partial charge in [0.05, 0.1) is 0 Å². The Morgan fingerprint density at radius 1 is 1.33 bits per heavy atom. The van der Waals surface area contributed by atoms with Crippen LogP contribution < -0.4 is 10.6 Å². The number of likely N-dealkylation sites (tertiary alicyclic amines) is 1. The largest absolute Gasteiger partial charge is 0.324 e. The molecule has 1 amide bonds. The van der Waals surface area contributed by atoms with Gasteiger partial charge in [0.15, 0.2) is 0 Å². The van der Waals surface area contributed by atoms with Crippen LogP contribution in [0.1, 0.15) is 38.3 Å². The Bertz CT molecular complexity index is 538. The van der Waals surface area contributed by atoms with Crippen LogP contribution in [0.25, 0.3) is 0 Å². The highest BCUT2D eigenvalue weighted by atomic mass is 79.9. The summed E-state index contributed by atoms with van der Waals surface area (Å²) in [6, 6.07) is 6.82. The maximum Gasteiger partial charge on any atom is 0.246 e. The number of nitrogens with one attached hydrogen (secondary N) is 2. The second-order valence-corrected chi connectivity index (χ2v) is 7.14. The normalized spacial score (nSPS) is 23.4. The van der Waals surface area contributed by atoms with E-state index in [0.29, 0.717) is 12.1 Å². The van der Waals surface area contributed by atoms with Crippen LogP contribution in [0, 0.1) is 0 Å². The van der Waals surface area contributed by atoms with Gasteiger partial charge in [-0.2, -0.15) is 0 Å². The van der Waals surface area contributed by atoms with Crippen molar-refractivity contribution in [3.8, 4) is 0 Å². The number of fused-ring (bicyclic) bond motifs is 1. The minimum atomic E-state index is -0.205. The van der Waals surface area contributed by atoms with Crippen LogP contribution >= 0.6 is 15.9 Å². The maximum atomic E-state index is 12.2. The van der Waals surface area contributed by atoms with Crippen LogP contribution in [0.15, 0.2) is 22.7 Å². The van der Waals surface area contributed by atoms with Crippen molar-refractivity contribution in [2.45, 2.75) is 44.8 Å². The number of hydrogen-bond acceptors (Lipinski definition) is 3. The second-order valence-electron chi connectivity index (χ2n) is 6.22. The fourth-order valence-corrected chi connectivity index (χ4v) is 3.58. The van der Waals surface area contributed by atoms with Gasteiger partial charge >= 0.3 is 0 Å². The van der Waals surface area contributed by atoms with E-state index < -0.39 is 0 Å². The molecule has 0 aliphatic carbocycles. The number of amides is 1. The predicted molar refractivity (Wildman–Crippen MR) is 88.4 cm³/mol. The van der Waals surface area contributed by atoms with Crippen molar-refractivity contribution < 1.29 is 4.79 Å². The molecule has 1 aromatic carbocycles. The Morgan fingerprint density at radius 2 is 2.05 bits per heavy atom. The number of piperidine rings is 1. The third-order valence-corrected chi connectivity index (χ3v) is 5.00. The van der Waals surface area contributed by atoms with E-state index in [1.165, 1.54) is 0 Å². The Hall–Kier alpha value is -0.910. The number of halogens is 1. The van der Waals surface area contributed by atoms with E-state index in [9.17, 15) is 4.79 Å². The summed E-state index contributed by atoms with van der Waals surface area (Å²) in [5.41, 5.74) is 1.99.